The lowest BCUT2D eigenvalue weighted by Crippen LogP contribution is -1.92. The third-order valence-electron chi connectivity index (χ3n) is 3.78. The molecular formula is C20H22O4P2. The van der Waals surface area contributed by atoms with Crippen molar-refractivity contribution < 1.29 is 18.2 Å². The molecule has 0 radical (unpaired) electrons. The Bertz CT molecular complexity index is 871. The molecule has 0 amide bonds. The molecule has 0 aliphatic heterocycles. The van der Waals surface area contributed by atoms with Crippen molar-refractivity contribution in [2.75, 3.05) is 6.16 Å². The van der Waals surface area contributed by atoms with E-state index in [4.69, 9.17) is 9.05 Å². The number of hydrogen-bond acceptors (Lipinski definition) is 4. The minimum atomic E-state index is -3.05. The van der Waals surface area contributed by atoms with Crippen LogP contribution in [0.2, 0.25) is 0 Å². The molecule has 0 heterocycles. The first-order valence-corrected chi connectivity index (χ1v) is 11.7. The highest BCUT2D eigenvalue weighted by Crippen LogP contribution is 2.49. The molecule has 0 aliphatic carbocycles. The Morgan fingerprint density at radius 3 is 1.54 bits per heavy atom. The topological polar surface area (TPSA) is 52.6 Å². The van der Waals surface area contributed by atoms with Crippen LogP contribution in [0.25, 0.3) is 11.1 Å². The largest absolute Gasteiger partial charge is 0.440 e. The summed E-state index contributed by atoms with van der Waals surface area (Å²) >= 11 is 0. The first-order valence-electron chi connectivity index (χ1n) is 8.05. The monoisotopic (exact) mass is 388 g/mol. The predicted molar refractivity (Wildman–Crippen MR) is 109 cm³/mol. The van der Waals surface area contributed by atoms with Gasteiger partial charge in [-0.05, 0) is 35.4 Å². The third kappa shape index (κ3) is 4.88. The van der Waals surface area contributed by atoms with Crippen molar-refractivity contribution in [3.63, 3.8) is 0 Å². The fraction of sp³-hybridized carbons (Fsp3) is 0.100. The van der Waals surface area contributed by atoms with Crippen LogP contribution in [0, 0.1) is 0 Å². The smallest absolute Gasteiger partial charge is 0.291 e. The molecule has 0 bridgehead atoms. The molecule has 0 saturated heterocycles. The van der Waals surface area contributed by atoms with Crippen molar-refractivity contribution in [1.82, 2.24) is 0 Å². The van der Waals surface area contributed by atoms with E-state index in [0.717, 1.165) is 11.1 Å². The molecule has 0 aromatic heterocycles. The molecule has 0 saturated carbocycles. The molecule has 0 fully saturated rings. The molecule has 2 aromatic carbocycles. The molecule has 26 heavy (non-hydrogen) atoms. The van der Waals surface area contributed by atoms with Gasteiger partial charge in [-0.15, -0.1) is 0 Å². The van der Waals surface area contributed by atoms with Crippen molar-refractivity contribution in [3.8, 4) is 22.6 Å². The molecule has 1 unspecified atom stereocenters. The summed E-state index contributed by atoms with van der Waals surface area (Å²) in [6, 6.07) is 14.5. The van der Waals surface area contributed by atoms with E-state index in [9.17, 15) is 9.13 Å². The second kappa shape index (κ2) is 8.40. The first-order chi connectivity index (χ1) is 12.4. The Balaban J connectivity index is 2.16. The highest BCUT2D eigenvalue weighted by atomic mass is 31.2. The van der Waals surface area contributed by atoms with Gasteiger partial charge in [0.1, 0.15) is 11.5 Å². The van der Waals surface area contributed by atoms with Crippen LogP contribution in [0.3, 0.4) is 0 Å². The molecular weight excluding hydrogens is 366 g/mol. The highest BCUT2D eigenvalue weighted by molar-refractivity contribution is 7.65. The van der Waals surface area contributed by atoms with Crippen LogP contribution in [0.15, 0.2) is 85.7 Å². The molecule has 2 aromatic rings. The molecule has 1 atom stereocenters. The molecule has 0 N–H and O–H groups in total. The minimum absolute atomic E-state index is 0.402. The van der Waals surface area contributed by atoms with Crippen molar-refractivity contribution >= 4 is 14.7 Å². The zero-order valence-electron chi connectivity index (χ0n) is 14.7. The maximum atomic E-state index is 12.3. The zero-order chi connectivity index (χ0) is 19.2. The molecule has 136 valence electrons. The Kier molecular flexibility index (Phi) is 6.47. The van der Waals surface area contributed by atoms with Gasteiger partial charge in [-0.25, -0.2) is 0 Å². The lowest BCUT2D eigenvalue weighted by atomic mass is 10.1. The first kappa shape index (κ1) is 20.0. The van der Waals surface area contributed by atoms with Gasteiger partial charge >= 0.3 is 0 Å². The quantitative estimate of drug-likeness (QED) is 0.429. The Morgan fingerprint density at radius 2 is 1.19 bits per heavy atom. The zero-order valence-corrected chi connectivity index (χ0v) is 16.5. The Labute approximate surface area is 154 Å². The summed E-state index contributed by atoms with van der Waals surface area (Å²) in [6.07, 6.45) is 0.402. The van der Waals surface area contributed by atoms with Crippen LogP contribution in [-0.4, -0.2) is 6.16 Å². The van der Waals surface area contributed by atoms with Crippen LogP contribution in [0.5, 0.6) is 11.5 Å². The predicted octanol–water partition coefficient (Wildman–Crippen LogP) is 7.12. The van der Waals surface area contributed by atoms with Gasteiger partial charge in [-0.2, -0.15) is 0 Å². The number of hydrogen-bond donors (Lipinski definition) is 0. The van der Waals surface area contributed by atoms with E-state index < -0.39 is 14.7 Å². The normalized spacial score (nSPS) is 13.3. The summed E-state index contributed by atoms with van der Waals surface area (Å²) in [5.41, 5.74) is 1.92. The van der Waals surface area contributed by atoms with E-state index in [-0.39, 0.29) is 0 Å². The van der Waals surface area contributed by atoms with Crippen LogP contribution < -0.4 is 9.05 Å². The van der Waals surface area contributed by atoms with Gasteiger partial charge in [0.25, 0.3) is 14.7 Å². The average molecular weight is 388 g/mol. The van der Waals surface area contributed by atoms with Gasteiger partial charge in [-0.1, -0.05) is 50.9 Å². The van der Waals surface area contributed by atoms with Gasteiger partial charge in [-0.3, -0.25) is 9.13 Å². The highest BCUT2D eigenvalue weighted by Gasteiger charge is 2.17. The maximum absolute atomic E-state index is 12.3. The standard InChI is InChI=1S/C20H22O4P2/c1-5-25(21,6-2)23-19-13-9-17(10-14-19)18-11-15-20(16-12-18)24-26(22,7-3)8-4/h5-7,9-16H,1-3,8H2,4H3. The second-order valence-electron chi connectivity index (χ2n) is 5.47. The summed E-state index contributed by atoms with van der Waals surface area (Å²) in [5.74, 6) is 4.93. The molecule has 6 heteroatoms. The molecule has 0 spiro atoms. The third-order valence-corrected chi connectivity index (χ3v) is 7.25. The van der Waals surface area contributed by atoms with Gasteiger partial charge in [0.2, 0.25) is 0 Å². The van der Waals surface area contributed by atoms with Crippen LogP contribution in [-0.2, 0) is 9.13 Å². The van der Waals surface area contributed by atoms with E-state index in [1.54, 1.807) is 31.2 Å². The summed E-state index contributed by atoms with van der Waals surface area (Å²) in [6.45, 7) is 12.4. The summed E-state index contributed by atoms with van der Waals surface area (Å²) in [4.78, 5) is 0. The fourth-order valence-electron chi connectivity index (χ4n) is 2.14. The van der Waals surface area contributed by atoms with E-state index in [0.29, 0.717) is 17.7 Å². The summed E-state index contributed by atoms with van der Waals surface area (Å²) < 4.78 is 35.5. The summed E-state index contributed by atoms with van der Waals surface area (Å²) in [7, 11) is -5.86. The molecule has 4 nitrogen and oxygen atoms in total. The van der Waals surface area contributed by atoms with E-state index in [1.165, 1.54) is 17.5 Å². The van der Waals surface area contributed by atoms with Gasteiger partial charge < -0.3 is 9.05 Å². The second-order valence-corrected chi connectivity index (χ2v) is 10.3. The van der Waals surface area contributed by atoms with Crippen molar-refractivity contribution in [1.29, 1.82) is 0 Å². The van der Waals surface area contributed by atoms with Crippen LogP contribution >= 0.6 is 14.7 Å². The Morgan fingerprint density at radius 1 is 0.769 bits per heavy atom. The van der Waals surface area contributed by atoms with Crippen molar-refractivity contribution in [3.05, 3.63) is 85.7 Å². The number of rotatable bonds is 9. The summed E-state index contributed by atoms with van der Waals surface area (Å²) in [5, 5.41) is 0. The van der Waals surface area contributed by atoms with Crippen molar-refractivity contribution in [2.45, 2.75) is 6.92 Å². The van der Waals surface area contributed by atoms with Crippen LogP contribution in [0.4, 0.5) is 0 Å². The Hall–Kier alpha value is -2.28. The number of benzene rings is 2. The fourth-order valence-corrected chi connectivity index (χ4v) is 3.83. The van der Waals surface area contributed by atoms with Crippen LogP contribution in [0.1, 0.15) is 6.92 Å². The van der Waals surface area contributed by atoms with E-state index in [2.05, 4.69) is 19.7 Å². The van der Waals surface area contributed by atoms with Crippen molar-refractivity contribution in [2.24, 2.45) is 0 Å². The average Bonchev–Trinajstić information content (AvgIpc) is 2.69. The maximum Gasteiger partial charge on any atom is 0.291 e. The lowest BCUT2D eigenvalue weighted by Gasteiger charge is -2.14. The van der Waals surface area contributed by atoms with Gasteiger partial charge in [0.15, 0.2) is 0 Å². The SMILES string of the molecule is C=CP(=O)(C=C)Oc1ccc(-c2ccc(OP(=O)(C=C)CC)cc2)cc1. The van der Waals surface area contributed by atoms with E-state index in [1.807, 2.05) is 24.3 Å². The van der Waals surface area contributed by atoms with Gasteiger partial charge in [0.05, 0.1) is 0 Å². The minimum Gasteiger partial charge on any atom is -0.440 e. The lowest BCUT2D eigenvalue weighted by molar-refractivity contribution is 0.492. The molecule has 2 rings (SSSR count). The van der Waals surface area contributed by atoms with Gasteiger partial charge in [0, 0.05) is 23.6 Å². The molecule has 0 aliphatic rings. The van der Waals surface area contributed by atoms with E-state index >= 15 is 0 Å².